The predicted molar refractivity (Wildman–Crippen MR) is 73.3 cm³/mol. The summed E-state index contributed by atoms with van der Waals surface area (Å²) in [6.07, 6.45) is -4.69. The first-order valence-corrected chi connectivity index (χ1v) is 7.24. The van der Waals surface area contributed by atoms with E-state index < -0.39 is 30.7 Å². The Morgan fingerprint density at radius 2 is 2.14 bits per heavy atom. The number of carbonyl (C=O) groups excluding carboxylic acids is 2. The lowest BCUT2D eigenvalue weighted by molar-refractivity contribution is -0.174. The lowest BCUT2D eigenvalue weighted by Gasteiger charge is -2.16. The highest BCUT2D eigenvalue weighted by Crippen LogP contribution is 2.22. The number of esters is 1. The van der Waals surface area contributed by atoms with Crippen LogP contribution in [0.2, 0.25) is 0 Å². The number of thiophene rings is 1. The van der Waals surface area contributed by atoms with Crippen LogP contribution < -0.4 is 5.32 Å². The van der Waals surface area contributed by atoms with Gasteiger partial charge in [-0.3, -0.25) is 9.59 Å². The SMILES string of the molecule is COC(=O)CC(NC(=O)CCOCC(F)(F)F)c1cccs1. The second kappa shape index (κ2) is 8.74. The van der Waals surface area contributed by atoms with E-state index in [9.17, 15) is 22.8 Å². The number of ether oxygens (including phenoxy) is 2. The fourth-order valence-electron chi connectivity index (χ4n) is 1.58. The monoisotopic (exact) mass is 339 g/mol. The van der Waals surface area contributed by atoms with Crippen molar-refractivity contribution in [2.24, 2.45) is 0 Å². The molecule has 22 heavy (non-hydrogen) atoms. The summed E-state index contributed by atoms with van der Waals surface area (Å²) >= 11 is 1.35. The zero-order valence-electron chi connectivity index (χ0n) is 11.8. The molecule has 0 radical (unpaired) electrons. The molecular formula is C13H16F3NO4S. The van der Waals surface area contributed by atoms with E-state index in [0.717, 1.165) is 4.88 Å². The van der Waals surface area contributed by atoms with Gasteiger partial charge in [0.05, 0.1) is 26.2 Å². The summed E-state index contributed by atoms with van der Waals surface area (Å²) in [5.74, 6) is -0.989. The zero-order chi connectivity index (χ0) is 16.6. The average molecular weight is 339 g/mol. The molecule has 0 fully saturated rings. The Bertz CT molecular complexity index is 476. The molecule has 0 saturated carbocycles. The Kier molecular flexibility index (Phi) is 7.33. The third kappa shape index (κ3) is 7.41. The first-order chi connectivity index (χ1) is 10.3. The Labute approximate surface area is 129 Å². The minimum absolute atomic E-state index is 0.0494. The Balaban J connectivity index is 2.44. The molecule has 0 aliphatic carbocycles. The van der Waals surface area contributed by atoms with Gasteiger partial charge in [-0.1, -0.05) is 6.07 Å². The minimum Gasteiger partial charge on any atom is -0.469 e. The largest absolute Gasteiger partial charge is 0.469 e. The van der Waals surface area contributed by atoms with Crippen LogP contribution in [-0.2, 0) is 19.1 Å². The lowest BCUT2D eigenvalue weighted by Crippen LogP contribution is -2.31. The van der Waals surface area contributed by atoms with Crippen molar-refractivity contribution in [1.82, 2.24) is 5.32 Å². The van der Waals surface area contributed by atoms with Crippen LogP contribution in [0.15, 0.2) is 17.5 Å². The molecule has 0 aliphatic rings. The minimum atomic E-state index is -4.42. The molecule has 0 bridgehead atoms. The number of nitrogens with one attached hydrogen (secondary N) is 1. The molecule has 1 heterocycles. The molecule has 1 aromatic rings. The summed E-state index contributed by atoms with van der Waals surface area (Å²) in [5.41, 5.74) is 0. The number of halogens is 3. The van der Waals surface area contributed by atoms with Crippen molar-refractivity contribution < 1.29 is 32.2 Å². The van der Waals surface area contributed by atoms with Crippen molar-refractivity contribution in [2.75, 3.05) is 20.3 Å². The van der Waals surface area contributed by atoms with E-state index in [-0.39, 0.29) is 19.4 Å². The van der Waals surface area contributed by atoms with E-state index in [1.807, 2.05) is 0 Å². The first kappa shape index (κ1) is 18.4. The molecule has 0 saturated heterocycles. The summed E-state index contributed by atoms with van der Waals surface area (Å²) in [6, 6.07) is 2.95. The molecular weight excluding hydrogens is 323 g/mol. The number of alkyl halides is 3. The number of methoxy groups -OCH3 is 1. The van der Waals surface area contributed by atoms with E-state index in [2.05, 4.69) is 14.8 Å². The zero-order valence-corrected chi connectivity index (χ0v) is 12.6. The van der Waals surface area contributed by atoms with Gasteiger partial charge in [-0.05, 0) is 11.4 Å². The van der Waals surface area contributed by atoms with Gasteiger partial charge >= 0.3 is 12.1 Å². The molecule has 0 spiro atoms. The van der Waals surface area contributed by atoms with Gasteiger partial charge in [0.25, 0.3) is 0 Å². The lowest BCUT2D eigenvalue weighted by atomic mass is 10.1. The Morgan fingerprint density at radius 3 is 2.68 bits per heavy atom. The normalized spacial score (nSPS) is 12.7. The molecule has 124 valence electrons. The van der Waals surface area contributed by atoms with Gasteiger partial charge in [0.1, 0.15) is 6.61 Å². The smallest absolute Gasteiger partial charge is 0.411 e. The van der Waals surface area contributed by atoms with Crippen LogP contribution in [-0.4, -0.2) is 38.4 Å². The maximum atomic E-state index is 11.9. The standard InChI is InChI=1S/C13H16F3NO4S/c1-20-12(19)7-9(10-3-2-6-22-10)17-11(18)4-5-21-8-13(14,15)16/h2-3,6,9H,4-5,7-8H2,1H3,(H,17,18). The highest BCUT2D eigenvalue weighted by molar-refractivity contribution is 7.10. The van der Waals surface area contributed by atoms with Crippen molar-refractivity contribution in [3.8, 4) is 0 Å². The Morgan fingerprint density at radius 1 is 1.41 bits per heavy atom. The van der Waals surface area contributed by atoms with E-state index in [1.54, 1.807) is 17.5 Å². The summed E-state index contributed by atoms with van der Waals surface area (Å²) in [6.45, 7) is -1.74. The van der Waals surface area contributed by atoms with Crippen molar-refractivity contribution in [2.45, 2.75) is 25.1 Å². The van der Waals surface area contributed by atoms with Crippen LogP contribution in [0.5, 0.6) is 0 Å². The molecule has 9 heteroatoms. The number of rotatable bonds is 8. The van der Waals surface area contributed by atoms with Crippen LogP contribution in [0.3, 0.4) is 0 Å². The Hall–Kier alpha value is -1.61. The van der Waals surface area contributed by atoms with Crippen LogP contribution >= 0.6 is 11.3 Å². The van der Waals surface area contributed by atoms with Gasteiger partial charge in [-0.15, -0.1) is 11.3 Å². The van der Waals surface area contributed by atoms with Crippen molar-refractivity contribution in [1.29, 1.82) is 0 Å². The molecule has 1 N–H and O–H groups in total. The third-order valence-electron chi connectivity index (χ3n) is 2.56. The fraction of sp³-hybridized carbons (Fsp3) is 0.538. The van der Waals surface area contributed by atoms with Crippen molar-refractivity contribution >= 4 is 23.2 Å². The van der Waals surface area contributed by atoms with Gasteiger partial charge in [0.15, 0.2) is 0 Å². The third-order valence-corrected chi connectivity index (χ3v) is 3.55. The van der Waals surface area contributed by atoms with Crippen LogP contribution in [0, 0.1) is 0 Å². The highest BCUT2D eigenvalue weighted by Gasteiger charge is 2.27. The van der Waals surface area contributed by atoms with Gasteiger partial charge < -0.3 is 14.8 Å². The summed E-state index contributed by atoms with van der Waals surface area (Å²) in [4.78, 5) is 23.8. The quantitative estimate of drug-likeness (QED) is 0.584. The second-order valence-corrected chi connectivity index (χ2v) is 5.31. The van der Waals surface area contributed by atoms with E-state index in [0.29, 0.717) is 0 Å². The molecule has 0 aliphatic heterocycles. The molecule has 1 rings (SSSR count). The molecule has 1 unspecified atom stereocenters. The van der Waals surface area contributed by atoms with Crippen LogP contribution in [0.25, 0.3) is 0 Å². The fourth-order valence-corrected chi connectivity index (χ4v) is 2.36. The first-order valence-electron chi connectivity index (χ1n) is 6.36. The molecule has 1 aromatic heterocycles. The summed E-state index contributed by atoms with van der Waals surface area (Å²) in [7, 11) is 1.24. The van der Waals surface area contributed by atoms with Crippen molar-refractivity contribution in [3.05, 3.63) is 22.4 Å². The molecule has 1 amide bonds. The van der Waals surface area contributed by atoms with Crippen LogP contribution in [0.1, 0.15) is 23.8 Å². The van der Waals surface area contributed by atoms with Gasteiger partial charge in [-0.2, -0.15) is 13.2 Å². The summed E-state index contributed by atoms with van der Waals surface area (Å²) in [5, 5.41) is 4.38. The van der Waals surface area contributed by atoms with Gasteiger partial charge in [0.2, 0.25) is 5.91 Å². The maximum Gasteiger partial charge on any atom is 0.411 e. The molecule has 1 atom stereocenters. The number of carbonyl (C=O) groups is 2. The average Bonchev–Trinajstić information content (AvgIpc) is 2.95. The summed E-state index contributed by atoms with van der Waals surface area (Å²) < 4.78 is 44.6. The number of amides is 1. The van der Waals surface area contributed by atoms with E-state index in [1.165, 1.54) is 18.4 Å². The topological polar surface area (TPSA) is 64.6 Å². The number of hydrogen-bond acceptors (Lipinski definition) is 5. The van der Waals surface area contributed by atoms with Crippen molar-refractivity contribution in [3.63, 3.8) is 0 Å². The number of hydrogen-bond donors (Lipinski definition) is 1. The maximum absolute atomic E-state index is 11.9. The van der Waals surface area contributed by atoms with Gasteiger partial charge in [-0.25, -0.2) is 0 Å². The highest BCUT2D eigenvalue weighted by atomic mass is 32.1. The van der Waals surface area contributed by atoms with E-state index >= 15 is 0 Å². The molecule has 5 nitrogen and oxygen atoms in total. The second-order valence-electron chi connectivity index (χ2n) is 4.33. The molecule has 0 aromatic carbocycles. The van der Waals surface area contributed by atoms with E-state index in [4.69, 9.17) is 0 Å². The van der Waals surface area contributed by atoms with Gasteiger partial charge in [0, 0.05) is 11.3 Å². The predicted octanol–water partition coefficient (Wildman–Crippen LogP) is 2.44. The van der Waals surface area contributed by atoms with Crippen LogP contribution in [0.4, 0.5) is 13.2 Å².